The van der Waals surface area contributed by atoms with Crippen LogP contribution in [0.2, 0.25) is 0 Å². The number of alkyl halides is 3. The first kappa shape index (κ1) is 24.7. The van der Waals surface area contributed by atoms with Crippen molar-refractivity contribution >= 4 is 41.5 Å². The quantitative estimate of drug-likeness (QED) is 0.575. The van der Waals surface area contributed by atoms with Gasteiger partial charge in [-0.1, -0.05) is 13.8 Å². The van der Waals surface area contributed by atoms with Crippen LogP contribution in [0.25, 0.3) is 0 Å². The number of benzene rings is 1. The maximum atomic E-state index is 12.8. The second-order valence-corrected chi connectivity index (χ2v) is 5.98. The largest absolute Gasteiger partial charge is 0.416 e. The van der Waals surface area contributed by atoms with Crippen LogP contribution < -0.4 is 21.7 Å². The maximum Gasteiger partial charge on any atom is 0.416 e. The van der Waals surface area contributed by atoms with Crippen LogP contribution in [0, 0.1) is 5.92 Å². The summed E-state index contributed by atoms with van der Waals surface area (Å²) < 4.78 is 38.5. The van der Waals surface area contributed by atoms with Gasteiger partial charge in [-0.2, -0.15) is 13.2 Å². The Bertz CT molecular complexity index is 696. The molecule has 27 heavy (non-hydrogen) atoms. The SMILES string of the molecule is CC(=O)Nc1ccc(C(F)(F)F)cc1NC(=O)CNC(=O)[C@@H](N)C(C)C.Cl. The van der Waals surface area contributed by atoms with Gasteiger partial charge in [0.05, 0.1) is 29.5 Å². The second-order valence-electron chi connectivity index (χ2n) is 5.98. The van der Waals surface area contributed by atoms with Gasteiger partial charge in [0.25, 0.3) is 0 Å². The minimum Gasteiger partial charge on any atom is -0.346 e. The Morgan fingerprint density at radius 2 is 1.70 bits per heavy atom. The third kappa shape index (κ3) is 7.83. The number of amides is 3. The van der Waals surface area contributed by atoms with E-state index in [1.54, 1.807) is 13.8 Å². The first-order chi connectivity index (χ1) is 11.9. The zero-order valence-electron chi connectivity index (χ0n) is 14.9. The molecule has 0 aliphatic carbocycles. The Morgan fingerprint density at radius 3 is 2.19 bits per heavy atom. The lowest BCUT2D eigenvalue weighted by atomic mass is 10.1. The summed E-state index contributed by atoms with van der Waals surface area (Å²) in [5, 5.41) is 6.87. The highest BCUT2D eigenvalue weighted by molar-refractivity contribution is 6.00. The van der Waals surface area contributed by atoms with Gasteiger partial charge in [-0.3, -0.25) is 14.4 Å². The molecular formula is C16H22ClF3N4O3. The Morgan fingerprint density at radius 1 is 1.11 bits per heavy atom. The Hall–Kier alpha value is -2.33. The van der Waals surface area contributed by atoms with Gasteiger partial charge >= 0.3 is 6.18 Å². The van der Waals surface area contributed by atoms with Gasteiger partial charge in [-0.15, -0.1) is 12.4 Å². The minimum atomic E-state index is -4.62. The number of anilines is 2. The zero-order chi connectivity index (χ0) is 20.1. The number of rotatable bonds is 6. The third-order valence-corrected chi connectivity index (χ3v) is 3.38. The normalized spacial score (nSPS) is 12.0. The topological polar surface area (TPSA) is 113 Å². The summed E-state index contributed by atoms with van der Waals surface area (Å²) in [6.07, 6.45) is -4.62. The summed E-state index contributed by atoms with van der Waals surface area (Å²) in [5.41, 5.74) is 4.41. The molecule has 0 unspecified atom stereocenters. The van der Waals surface area contributed by atoms with Gasteiger partial charge in [0.1, 0.15) is 0 Å². The number of nitrogens with one attached hydrogen (secondary N) is 3. The molecule has 0 radical (unpaired) electrons. The molecule has 152 valence electrons. The molecule has 1 aromatic carbocycles. The van der Waals surface area contributed by atoms with Gasteiger partial charge in [0.2, 0.25) is 17.7 Å². The van der Waals surface area contributed by atoms with Gasteiger partial charge in [-0.05, 0) is 24.1 Å². The zero-order valence-corrected chi connectivity index (χ0v) is 15.8. The molecule has 0 spiro atoms. The Labute approximate surface area is 160 Å². The highest BCUT2D eigenvalue weighted by Gasteiger charge is 2.31. The summed E-state index contributed by atoms with van der Waals surface area (Å²) in [6, 6.07) is 1.70. The fourth-order valence-corrected chi connectivity index (χ4v) is 1.91. The van der Waals surface area contributed by atoms with Crippen molar-refractivity contribution in [1.29, 1.82) is 0 Å². The van der Waals surface area contributed by atoms with E-state index in [0.717, 1.165) is 12.1 Å². The van der Waals surface area contributed by atoms with Crippen LogP contribution in [0.3, 0.4) is 0 Å². The molecule has 11 heteroatoms. The summed E-state index contributed by atoms with van der Waals surface area (Å²) in [4.78, 5) is 34.8. The van der Waals surface area contributed by atoms with E-state index in [1.807, 2.05) is 0 Å². The molecule has 0 saturated carbocycles. The minimum absolute atomic E-state index is 0. The molecule has 0 aliphatic heterocycles. The van der Waals surface area contributed by atoms with Crippen LogP contribution in [0.1, 0.15) is 26.3 Å². The Balaban J connectivity index is 0.00000676. The van der Waals surface area contributed by atoms with Crippen LogP contribution in [0.15, 0.2) is 18.2 Å². The van der Waals surface area contributed by atoms with Crippen molar-refractivity contribution in [2.24, 2.45) is 11.7 Å². The molecular weight excluding hydrogens is 389 g/mol. The van der Waals surface area contributed by atoms with Gasteiger partial charge in [0.15, 0.2) is 0 Å². The van der Waals surface area contributed by atoms with E-state index in [-0.39, 0.29) is 29.7 Å². The summed E-state index contributed by atoms with van der Waals surface area (Å²) in [7, 11) is 0. The summed E-state index contributed by atoms with van der Waals surface area (Å²) >= 11 is 0. The predicted octanol–water partition coefficient (Wildman–Crippen LogP) is 2.12. The van der Waals surface area contributed by atoms with E-state index >= 15 is 0 Å². The van der Waals surface area contributed by atoms with Crippen LogP contribution in [-0.4, -0.2) is 30.3 Å². The highest BCUT2D eigenvalue weighted by Crippen LogP contribution is 2.34. The molecule has 0 fully saturated rings. The summed E-state index contributed by atoms with van der Waals surface area (Å²) in [6.45, 7) is 4.16. The van der Waals surface area contributed by atoms with Crippen molar-refractivity contribution in [2.45, 2.75) is 33.0 Å². The van der Waals surface area contributed by atoms with E-state index in [0.29, 0.717) is 6.07 Å². The molecule has 7 nitrogen and oxygen atoms in total. The van der Waals surface area contributed by atoms with Crippen molar-refractivity contribution < 1.29 is 27.6 Å². The first-order valence-corrected chi connectivity index (χ1v) is 7.73. The number of hydrogen-bond acceptors (Lipinski definition) is 4. The Kier molecular flexibility index (Phi) is 9.25. The molecule has 1 aromatic rings. The van der Waals surface area contributed by atoms with Crippen molar-refractivity contribution in [2.75, 3.05) is 17.2 Å². The number of nitrogens with two attached hydrogens (primary N) is 1. The fourth-order valence-electron chi connectivity index (χ4n) is 1.91. The van der Waals surface area contributed by atoms with E-state index in [4.69, 9.17) is 5.73 Å². The monoisotopic (exact) mass is 410 g/mol. The van der Waals surface area contributed by atoms with Crippen LogP contribution in [0.5, 0.6) is 0 Å². The van der Waals surface area contributed by atoms with Crippen molar-refractivity contribution in [3.05, 3.63) is 23.8 Å². The van der Waals surface area contributed by atoms with Crippen LogP contribution >= 0.6 is 12.4 Å². The van der Waals surface area contributed by atoms with E-state index in [9.17, 15) is 27.6 Å². The average molecular weight is 411 g/mol. The van der Waals surface area contributed by atoms with Crippen molar-refractivity contribution in [1.82, 2.24) is 5.32 Å². The molecule has 0 bridgehead atoms. The average Bonchev–Trinajstić information content (AvgIpc) is 2.51. The second kappa shape index (κ2) is 10.1. The number of carbonyl (C=O) groups excluding carboxylic acids is 3. The van der Waals surface area contributed by atoms with Crippen LogP contribution in [0.4, 0.5) is 24.5 Å². The van der Waals surface area contributed by atoms with Crippen LogP contribution in [-0.2, 0) is 20.6 Å². The number of halogens is 4. The maximum absolute atomic E-state index is 12.8. The molecule has 0 heterocycles. The van der Waals surface area contributed by atoms with Gasteiger partial charge < -0.3 is 21.7 Å². The third-order valence-electron chi connectivity index (χ3n) is 3.38. The molecule has 5 N–H and O–H groups in total. The van der Waals surface area contributed by atoms with Gasteiger partial charge in [0, 0.05) is 6.92 Å². The van der Waals surface area contributed by atoms with Gasteiger partial charge in [-0.25, -0.2) is 0 Å². The number of carbonyl (C=O) groups is 3. The van der Waals surface area contributed by atoms with E-state index < -0.39 is 42.0 Å². The highest BCUT2D eigenvalue weighted by atomic mass is 35.5. The molecule has 0 aromatic heterocycles. The number of hydrogen-bond donors (Lipinski definition) is 4. The lowest BCUT2D eigenvalue weighted by molar-refractivity contribution is -0.137. The standard InChI is InChI=1S/C16H21F3N4O3.ClH/c1-8(2)14(20)15(26)21-7-13(25)23-12-6-10(16(17,18)19)4-5-11(12)22-9(3)24;/h4-6,8,14H,7,20H2,1-3H3,(H,21,26)(H,22,24)(H,23,25);1H/t14-;/m0./s1. The van der Waals surface area contributed by atoms with E-state index in [1.165, 1.54) is 6.92 Å². The van der Waals surface area contributed by atoms with Crippen molar-refractivity contribution in [3.8, 4) is 0 Å². The lowest BCUT2D eigenvalue weighted by Crippen LogP contribution is -2.46. The molecule has 0 aliphatic rings. The lowest BCUT2D eigenvalue weighted by Gasteiger charge is -2.17. The van der Waals surface area contributed by atoms with E-state index in [2.05, 4.69) is 16.0 Å². The molecule has 1 atom stereocenters. The smallest absolute Gasteiger partial charge is 0.346 e. The molecule has 0 saturated heterocycles. The first-order valence-electron chi connectivity index (χ1n) is 7.73. The predicted molar refractivity (Wildman–Crippen MR) is 97.4 cm³/mol. The summed E-state index contributed by atoms with van der Waals surface area (Å²) in [5.74, 6) is -1.98. The molecule has 1 rings (SSSR count). The fraction of sp³-hybridized carbons (Fsp3) is 0.438. The van der Waals surface area contributed by atoms with Crippen molar-refractivity contribution in [3.63, 3.8) is 0 Å². The molecule has 3 amide bonds.